The number of carbonyl (C=O) groups is 1. The number of nitrogens with two attached hydrogens (primary N) is 1. The smallest absolute Gasteiger partial charge is 0.237 e. The van der Waals surface area contributed by atoms with E-state index in [0.29, 0.717) is 0 Å². The summed E-state index contributed by atoms with van der Waals surface area (Å²) in [6.45, 7) is 3.44. The summed E-state index contributed by atoms with van der Waals surface area (Å²) >= 11 is 0. The third kappa shape index (κ3) is 3.44. The highest BCUT2D eigenvalue weighted by molar-refractivity contribution is 5.84. The number of hydrogen-bond acceptors (Lipinski definition) is 4. The second-order valence-electron chi connectivity index (χ2n) is 4.43. The van der Waals surface area contributed by atoms with Gasteiger partial charge in [0.25, 0.3) is 0 Å². The van der Waals surface area contributed by atoms with Crippen molar-refractivity contribution in [1.82, 2.24) is 15.5 Å². The van der Waals surface area contributed by atoms with Gasteiger partial charge in [0.15, 0.2) is 0 Å². The molecule has 4 N–H and O–H groups in total. The largest absolute Gasteiger partial charge is 0.368 e. The van der Waals surface area contributed by atoms with E-state index in [9.17, 15) is 4.79 Å². The molecule has 1 amide bonds. The molecule has 15 heavy (non-hydrogen) atoms. The monoisotopic (exact) mass is 214 g/mol. The molecular formula is C10H22N4O. The Hall–Kier alpha value is -0.650. The molecule has 1 aliphatic rings. The Morgan fingerprint density at radius 3 is 2.53 bits per heavy atom. The van der Waals surface area contributed by atoms with Crippen molar-refractivity contribution in [1.29, 1.82) is 0 Å². The lowest BCUT2D eigenvalue weighted by Crippen LogP contribution is -2.61. The van der Waals surface area contributed by atoms with Crippen molar-refractivity contribution < 1.29 is 4.79 Å². The van der Waals surface area contributed by atoms with E-state index in [4.69, 9.17) is 5.73 Å². The number of likely N-dealkylation sites (N-methyl/N-ethyl adjacent to an activating group) is 1. The molecular weight excluding hydrogens is 192 g/mol. The van der Waals surface area contributed by atoms with Gasteiger partial charge in [0, 0.05) is 13.1 Å². The van der Waals surface area contributed by atoms with Crippen LogP contribution in [0.2, 0.25) is 0 Å². The van der Waals surface area contributed by atoms with Crippen molar-refractivity contribution in [2.75, 3.05) is 40.3 Å². The number of rotatable bonds is 5. The number of carbonyl (C=O) groups excluding carboxylic acids is 1. The molecule has 0 saturated carbocycles. The molecule has 0 aromatic heterocycles. The van der Waals surface area contributed by atoms with Gasteiger partial charge in [0.1, 0.15) is 5.54 Å². The van der Waals surface area contributed by atoms with Crippen LogP contribution in [0.1, 0.15) is 12.8 Å². The zero-order valence-electron chi connectivity index (χ0n) is 9.68. The summed E-state index contributed by atoms with van der Waals surface area (Å²) < 4.78 is 0. The van der Waals surface area contributed by atoms with Crippen molar-refractivity contribution in [3.05, 3.63) is 0 Å². The van der Waals surface area contributed by atoms with E-state index in [2.05, 4.69) is 15.5 Å². The van der Waals surface area contributed by atoms with Crippen LogP contribution >= 0.6 is 0 Å². The number of hydrogen-bond donors (Lipinski definition) is 3. The molecule has 1 rings (SSSR count). The Kier molecular flexibility index (Phi) is 4.50. The highest BCUT2D eigenvalue weighted by atomic mass is 16.1. The summed E-state index contributed by atoms with van der Waals surface area (Å²) in [5.41, 5.74) is 4.99. The van der Waals surface area contributed by atoms with Crippen LogP contribution in [0.5, 0.6) is 0 Å². The van der Waals surface area contributed by atoms with Crippen LogP contribution < -0.4 is 16.4 Å². The number of piperidine rings is 1. The fourth-order valence-corrected chi connectivity index (χ4v) is 1.88. The van der Waals surface area contributed by atoms with Gasteiger partial charge in [0.05, 0.1) is 0 Å². The first kappa shape index (κ1) is 12.4. The molecule has 5 heteroatoms. The average molecular weight is 214 g/mol. The molecule has 0 spiro atoms. The molecule has 0 aromatic rings. The van der Waals surface area contributed by atoms with E-state index in [1.807, 2.05) is 14.1 Å². The van der Waals surface area contributed by atoms with Crippen molar-refractivity contribution in [2.45, 2.75) is 18.4 Å². The molecule has 1 heterocycles. The molecule has 5 nitrogen and oxygen atoms in total. The maximum atomic E-state index is 11.5. The van der Waals surface area contributed by atoms with Crippen molar-refractivity contribution in [3.63, 3.8) is 0 Å². The van der Waals surface area contributed by atoms with Gasteiger partial charge < -0.3 is 21.3 Å². The lowest BCUT2D eigenvalue weighted by molar-refractivity contribution is -0.125. The van der Waals surface area contributed by atoms with Gasteiger partial charge in [-0.2, -0.15) is 0 Å². The Morgan fingerprint density at radius 1 is 1.47 bits per heavy atom. The van der Waals surface area contributed by atoms with Crippen molar-refractivity contribution in [2.24, 2.45) is 5.73 Å². The number of primary amides is 1. The van der Waals surface area contributed by atoms with Crippen molar-refractivity contribution >= 4 is 5.91 Å². The van der Waals surface area contributed by atoms with E-state index >= 15 is 0 Å². The summed E-state index contributed by atoms with van der Waals surface area (Å²) in [6.07, 6.45) is 1.57. The second kappa shape index (κ2) is 5.44. The predicted octanol–water partition coefficient (Wildman–Crippen LogP) is -1.25. The average Bonchev–Trinajstić information content (AvgIpc) is 2.18. The van der Waals surface area contributed by atoms with Crippen LogP contribution in [0.15, 0.2) is 0 Å². The van der Waals surface area contributed by atoms with Crippen LogP contribution in [0, 0.1) is 0 Å². The molecule has 0 bridgehead atoms. The van der Waals surface area contributed by atoms with E-state index < -0.39 is 5.54 Å². The predicted molar refractivity (Wildman–Crippen MR) is 60.6 cm³/mol. The molecule has 1 fully saturated rings. The van der Waals surface area contributed by atoms with E-state index in [-0.39, 0.29) is 5.91 Å². The van der Waals surface area contributed by atoms with Gasteiger partial charge in [-0.1, -0.05) is 0 Å². The molecule has 0 unspecified atom stereocenters. The number of amides is 1. The third-order valence-electron chi connectivity index (χ3n) is 2.95. The Labute approximate surface area is 91.4 Å². The minimum absolute atomic E-state index is 0.220. The van der Waals surface area contributed by atoms with Crippen LogP contribution in [-0.2, 0) is 4.79 Å². The molecule has 1 saturated heterocycles. The zero-order valence-corrected chi connectivity index (χ0v) is 9.68. The standard InChI is InChI=1S/C10H22N4O/c1-14(2)8-7-13-10(9(11)15)3-5-12-6-4-10/h12-13H,3-8H2,1-2H3,(H2,11,15). The van der Waals surface area contributed by atoms with Gasteiger partial charge in [-0.25, -0.2) is 0 Å². The van der Waals surface area contributed by atoms with Gasteiger partial charge in [-0.05, 0) is 40.0 Å². The summed E-state index contributed by atoms with van der Waals surface area (Å²) in [4.78, 5) is 13.6. The van der Waals surface area contributed by atoms with E-state index in [1.165, 1.54) is 0 Å². The maximum Gasteiger partial charge on any atom is 0.237 e. The zero-order chi connectivity index (χ0) is 11.3. The Bertz CT molecular complexity index is 211. The van der Waals surface area contributed by atoms with Crippen LogP contribution in [0.4, 0.5) is 0 Å². The van der Waals surface area contributed by atoms with Gasteiger partial charge >= 0.3 is 0 Å². The lowest BCUT2D eigenvalue weighted by atomic mass is 9.87. The first-order chi connectivity index (χ1) is 7.07. The highest BCUT2D eigenvalue weighted by Gasteiger charge is 2.36. The molecule has 1 aliphatic heterocycles. The third-order valence-corrected chi connectivity index (χ3v) is 2.95. The molecule has 0 aliphatic carbocycles. The summed E-state index contributed by atoms with van der Waals surface area (Å²) in [5.74, 6) is -0.220. The normalized spacial score (nSPS) is 20.5. The first-order valence-corrected chi connectivity index (χ1v) is 5.47. The molecule has 0 aromatic carbocycles. The Morgan fingerprint density at radius 2 is 2.07 bits per heavy atom. The lowest BCUT2D eigenvalue weighted by Gasteiger charge is -2.36. The number of nitrogens with zero attached hydrogens (tertiary/aromatic N) is 1. The van der Waals surface area contributed by atoms with Gasteiger partial charge in [0.2, 0.25) is 5.91 Å². The fourth-order valence-electron chi connectivity index (χ4n) is 1.88. The van der Waals surface area contributed by atoms with Crippen LogP contribution in [0.25, 0.3) is 0 Å². The first-order valence-electron chi connectivity index (χ1n) is 5.47. The minimum Gasteiger partial charge on any atom is -0.368 e. The highest BCUT2D eigenvalue weighted by Crippen LogP contribution is 2.17. The van der Waals surface area contributed by atoms with E-state index in [0.717, 1.165) is 39.0 Å². The molecule has 88 valence electrons. The quantitative estimate of drug-likeness (QED) is 0.534. The summed E-state index contributed by atoms with van der Waals surface area (Å²) in [5, 5.41) is 6.55. The fraction of sp³-hybridized carbons (Fsp3) is 0.900. The topological polar surface area (TPSA) is 70.4 Å². The molecule has 0 atom stereocenters. The van der Waals surface area contributed by atoms with Crippen LogP contribution in [-0.4, -0.2) is 56.6 Å². The SMILES string of the molecule is CN(C)CCNC1(C(N)=O)CCNCC1. The van der Waals surface area contributed by atoms with Gasteiger partial charge in [-0.3, -0.25) is 4.79 Å². The molecule has 0 radical (unpaired) electrons. The van der Waals surface area contributed by atoms with Crippen LogP contribution in [0.3, 0.4) is 0 Å². The van der Waals surface area contributed by atoms with E-state index in [1.54, 1.807) is 0 Å². The minimum atomic E-state index is -0.485. The maximum absolute atomic E-state index is 11.5. The van der Waals surface area contributed by atoms with Crippen molar-refractivity contribution in [3.8, 4) is 0 Å². The number of nitrogens with one attached hydrogen (secondary N) is 2. The summed E-state index contributed by atoms with van der Waals surface area (Å²) in [6, 6.07) is 0. The summed E-state index contributed by atoms with van der Waals surface area (Å²) in [7, 11) is 4.03. The Balaban J connectivity index is 2.46. The van der Waals surface area contributed by atoms with Gasteiger partial charge in [-0.15, -0.1) is 0 Å². The second-order valence-corrected chi connectivity index (χ2v) is 4.43.